The minimum absolute atomic E-state index is 0.102. The first-order valence-electron chi connectivity index (χ1n) is 8.98. The van der Waals surface area contributed by atoms with Gasteiger partial charge in [0.25, 0.3) is 5.56 Å². The quantitative estimate of drug-likeness (QED) is 0.293. The fourth-order valence-electron chi connectivity index (χ4n) is 2.31. The lowest BCUT2D eigenvalue weighted by Crippen LogP contribution is -2.19. The maximum atomic E-state index is 12.7. The normalized spacial score (nSPS) is 11.8. The number of esters is 1. The highest BCUT2D eigenvalue weighted by Gasteiger charge is 2.19. The van der Waals surface area contributed by atoms with Crippen molar-refractivity contribution in [1.29, 1.82) is 0 Å². The molecule has 1 atom stereocenters. The summed E-state index contributed by atoms with van der Waals surface area (Å²) in [6.07, 6.45) is -0.125. The molecular formula is C20H23N3O5S. The van der Waals surface area contributed by atoms with E-state index in [9.17, 15) is 19.2 Å². The Labute approximate surface area is 172 Å². The van der Waals surface area contributed by atoms with E-state index < -0.39 is 16.8 Å². The molecule has 0 fully saturated rings. The molecular weight excluding hydrogens is 394 g/mol. The summed E-state index contributed by atoms with van der Waals surface area (Å²) in [4.78, 5) is 54.4. The molecule has 1 aromatic carbocycles. The Morgan fingerprint density at radius 1 is 1.17 bits per heavy atom. The van der Waals surface area contributed by atoms with Crippen molar-refractivity contribution in [3.8, 4) is 0 Å². The number of aromatic nitrogens is 2. The Morgan fingerprint density at radius 2 is 1.83 bits per heavy atom. The summed E-state index contributed by atoms with van der Waals surface area (Å²) >= 11 is 1.09. The standard InChI is InChI=1S/C20H23N3O5S/c1-11(2)19(27)21-14-7-5-13(6-8-14)18(26)12(3)29-20-22-15(9-16(24)23-20)10-17(25)28-4/h5-9,11-12H,10H2,1-4H3,(H,21,27)(H,22,23,24)/t12-/m1/s1. The molecule has 8 nitrogen and oxygen atoms in total. The van der Waals surface area contributed by atoms with Crippen LogP contribution in [0, 0.1) is 5.92 Å². The Morgan fingerprint density at radius 3 is 2.41 bits per heavy atom. The van der Waals surface area contributed by atoms with Gasteiger partial charge in [-0.2, -0.15) is 0 Å². The molecule has 0 saturated carbocycles. The Kier molecular flexibility index (Phi) is 7.72. The number of Topliss-reactive ketones (excluding diaryl/α,β-unsaturated/α-hetero) is 1. The van der Waals surface area contributed by atoms with Crippen molar-refractivity contribution in [3.05, 3.63) is 51.9 Å². The van der Waals surface area contributed by atoms with E-state index in [2.05, 4.69) is 20.0 Å². The van der Waals surface area contributed by atoms with E-state index in [1.54, 1.807) is 45.0 Å². The first-order chi connectivity index (χ1) is 13.7. The second-order valence-electron chi connectivity index (χ2n) is 6.64. The average Bonchev–Trinajstić information content (AvgIpc) is 2.67. The van der Waals surface area contributed by atoms with Gasteiger partial charge >= 0.3 is 5.97 Å². The predicted octanol–water partition coefficient (Wildman–Crippen LogP) is 2.44. The van der Waals surface area contributed by atoms with E-state index in [-0.39, 0.29) is 34.9 Å². The van der Waals surface area contributed by atoms with E-state index in [0.29, 0.717) is 11.3 Å². The first-order valence-corrected chi connectivity index (χ1v) is 9.86. The number of amides is 1. The summed E-state index contributed by atoms with van der Waals surface area (Å²) in [6, 6.07) is 7.83. The highest BCUT2D eigenvalue weighted by Crippen LogP contribution is 2.23. The van der Waals surface area contributed by atoms with Crippen molar-refractivity contribution in [2.24, 2.45) is 5.92 Å². The smallest absolute Gasteiger partial charge is 0.311 e. The zero-order valence-electron chi connectivity index (χ0n) is 16.6. The molecule has 154 valence electrons. The fraction of sp³-hybridized carbons (Fsp3) is 0.350. The lowest BCUT2D eigenvalue weighted by molar-refractivity contribution is -0.139. The molecule has 0 radical (unpaired) electrons. The number of rotatable bonds is 8. The van der Waals surface area contributed by atoms with Crippen LogP contribution in [0.5, 0.6) is 0 Å². The zero-order chi connectivity index (χ0) is 21.6. The number of H-pyrrole nitrogens is 1. The topological polar surface area (TPSA) is 118 Å². The van der Waals surface area contributed by atoms with Crippen LogP contribution in [0.3, 0.4) is 0 Å². The largest absolute Gasteiger partial charge is 0.469 e. The fourth-order valence-corrected chi connectivity index (χ4v) is 3.22. The van der Waals surface area contributed by atoms with Crippen molar-refractivity contribution in [2.45, 2.75) is 37.6 Å². The number of ether oxygens (including phenoxy) is 1. The SMILES string of the molecule is COC(=O)Cc1cc(=O)[nH]c(S[C@H](C)C(=O)c2ccc(NC(=O)C(C)C)cc2)n1. The maximum Gasteiger partial charge on any atom is 0.311 e. The number of anilines is 1. The van der Waals surface area contributed by atoms with Crippen molar-refractivity contribution < 1.29 is 19.1 Å². The van der Waals surface area contributed by atoms with Crippen LogP contribution in [0.15, 0.2) is 40.3 Å². The molecule has 0 aliphatic rings. The van der Waals surface area contributed by atoms with Crippen LogP contribution >= 0.6 is 11.8 Å². The van der Waals surface area contributed by atoms with Gasteiger partial charge in [-0.3, -0.25) is 19.2 Å². The summed E-state index contributed by atoms with van der Waals surface area (Å²) < 4.78 is 4.58. The number of aromatic amines is 1. The van der Waals surface area contributed by atoms with Crippen LogP contribution in [-0.4, -0.2) is 40.0 Å². The maximum absolute atomic E-state index is 12.7. The highest BCUT2D eigenvalue weighted by atomic mass is 32.2. The van der Waals surface area contributed by atoms with E-state index in [0.717, 1.165) is 11.8 Å². The summed E-state index contributed by atoms with van der Waals surface area (Å²) in [7, 11) is 1.26. The Balaban J connectivity index is 2.08. The first kappa shape index (κ1) is 22.4. The van der Waals surface area contributed by atoms with E-state index in [1.165, 1.54) is 13.2 Å². The van der Waals surface area contributed by atoms with Crippen LogP contribution in [0.4, 0.5) is 5.69 Å². The van der Waals surface area contributed by atoms with Gasteiger partial charge in [0.05, 0.1) is 24.5 Å². The molecule has 0 saturated heterocycles. The van der Waals surface area contributed by atoms with E-state index >= 15 is 0 Å². The van der Waals surface area contributed by atoms with Crippen LogP contribution < -0.4 is 10.9 Å². The molecule has 2 rings (SSSR count). The molecule has 0 aliphatic heterocycles. The lowest BCUT2D eigenvalue weighted by Gasteiger charge is -2.11. The number of hydrogen-bond acceptors (Lipinski definition) is 7. The van der Waals surface area contributed by atoms with E-state index in [1.807, 2.05) is 0 Å². The van der Waals surface area contributed by atoms with Gasteiger partial charge in [0.2, 0.25) is 5.91 Å². The van der Waals surface area contributed by atoms with Gasteiger partial charge in [-0.25, -0.2) is 4.98 Å². The third kappa shape index (κ3) is 6.56. The molecule has 29 heavy (non-hydrogen) atoms. The molecule has 0 spiro atoms. The highest BCUT2D eigenvalue weighted by molar-refractivity contribution is 8.00. The molecule has 1 aromatic heterocycles. The number of benzene rings is 1. The number of carbonyl (C=O) groups is 3. The van der Waals surface area contributed by atoms with Gasteiger partial charge in [0.1, 0.15) is 0 Å². The number of hydrogen-bond donors (Lipinski definition) is 2. The van der Waals surface area contributed by atoms with Crippen molar-refractivity contribution >= 4 is 35.1 Å². The van der Waals surface area contributed by atoms with Crippen LogP contribution in [-0.2, 0) is 20.7 Å². The molecule has 0 bridgehead atoms. The number of nitrogens with zero attached hydrogens (tertiary/aromatic N) is 1. The summed E-state index contributed by atoms with van der Waals surface area (Å²) in [6.45, 7) is 5.30. The second kappa shape index (κ2) is 10.0. The van der Waals surface area contributed by atoms with Gasteiger partial charge in [-0.05, 0) is 31.2 Å². The number of carbonyl (C=O) groups excluding carboxylic acids is 3. The molecule has 9 heteroatoms. The van der Waals surface area contributed by atoms with Crippen molar-refractivity contribution in [2.75, 3.05) is 12.4 Å². The second-order valence-corrected chi connectivity index (χ2v) is 7.97. The molecule has 0 aliphatic carbocycles. The number of nitrogens with one attached hydrogen (secondary N) is 2. The van der Waals surface area contributed by atoms with E-state index in [4.69, 9.17) is 0 Å². The van der Waals surface area contributed by atoms with Gasteiger partial charge in [-0.1, -0.05) is 25.6 Å². The summed E-state index contributed by atoms with van der Waals surface area (Å²) in [5.74, 6) is -0.905. The minimum atomic E-state index is -0.525. The van der Waals surface area contributed by atoms with Crippen LogP contribution in [0.2, 0.25) is 0 Å². The summed E-state index contributed by atoms with van der Waals surface area (Å²) in [5.41, 5.74) is 0.946. The van der Waals surface area contributed by atoms with Gasteiger partial charge in [-0.15, -0.1) is 0 Å². The zero-order valence-corrected chi connectivity index (χ0v) is 17.5. The number of ketones is 1. The average molecular weight is 417 g/mol. The van der Waals surface area contributed by atoms with Gasteiger partial charge in [0, 0.05) is 23.2 Å². The van der Waals surface area contributed by atoms with Crippen molar-refractivity contribution in [1.82, 2.24) is 9.97 Å². The van der Waals surface area contributed by atoms with Crippen LogP contribution in [0.1, 0.15) is 36.8 Å². The number of thioether (sulfide) groups is 1. The van der Waals surface area contributed by atoms with Crippen molar-refractivity contribution in [3.63, 3.8) is 0 Å². The third-order valence-corrected chi connectivity index (χ3v) is 4.93. The minimum Gasteiger partial charge on any atom is -0.469 e. The number of methoxy groups -OCH3 is 1. The van der Waals surface area contributed by atoms with Gasteiger partial charge < -0.3 is 15.0 Å². The Hall–Kier alpha value is -2.94. The molecule has 0 unspecified atom stereocenters. The molecule has 2 N–H and O–H groups in total. The predicted molar refractivity (Wildman–Crippen MR) is 110 cm³/mol. The Bertz CT molecular complexity index is 953. The molecule has 1 heterocycles. The third-order valence-electron chi connectivity index (χ3n) is 3.95. The monoisotopic (exact) mass is 417 g/mol. The summed E-state index contributed by atoms with van der Waals surface area (Å²) in [5, 5.41) is 2.49. The molecule has 1 amide bonds. The van der Waals surface area contributed by atoms with Gasteiger partial charge in [0.15, 0.2) is 10.9 Å². The molecule has 2 aromatic rings. The van der Waals surface area contributed by atoms with Crippen LogP contribution in [0.25, 0.3) is 0 Å². The lowest BCUT2D eigenvalue weighted by atomic mass is 10.1.